The number of sulfone groups is 1. The van der Waals surface area contributed by atoms with E-state index in [0.29, 0.717) is 15.6 Å². The molecule has 1 unspecified atom stereocenters. The van der Waals surface area contributed by atoms with Gasteiger partial charge in [0.1, 0.15) is 0 Å². The molecule has 0 amide bonds. The largest absolute Gasteiger partial charge is 0.243 e. The first kappa shape index (κ1) is 19.6. The first-order chi connectivity index (χ1) is 12.2. The van der Waals surface area contributed by atoms with Crippen LogP contribution in [0.25, 0.3) is 0 Å². The van der Waals surface area contributed by atoms with E-state index in [1.165, 1.54) is 16.4 Å². The number of rotatable bonds is 3. The van der Waals surface area contributed by atoms with Crippen molar-refractivity contribution in [3.8, 4) is 0 Å². The van der Waals surface area contributed by atoms with Gasteiger partial charge in [0.05, 0.1) is 15.9 Å². The molecule has 9 heteroatoms. The third kappa shape index (κ3) is 3.92. The molecule has 0 aromatic heterocycles. The second-order valence-electron chi connectivity index (χ2n) is 6.03. The first-order valence-electron chi connectivity index (χ1n) is 7.93. The van der Waals surface area contributed by atoms with E-state index < -0.39 is 25.1 Å². The van der Waals surface area contributed by atoms with Gasteiger partial charge in [0.25, 0.3) is 0 Å². The van der Waals surface area contributed by atoms with Crippen molar-refractivity contribution in [2.24, 2.45) is 0 Å². The normalized spacial score (nSPS) is 21.2. The molecule has 1 heterocycles. The Bertz CT molecular complexity index is 1020. The summed E-state index contributed by atoms with van der Waals surface area (Å²) in [6.45, 7) is -0.0118. The van der Waals surface area contributed by atoms with E-state index in [1.807, 2.05) is 0 Å². The maximum atomic E-state index is 12.9. The average Bonchev–Trinajstić information content (AvgIpc) is 2.74. The third-order valence-corrected chi connectivity index (χ3v) is 8.97. The summed E-state index contributed by atoms with van der Waals surface area (Å²) in [6, 6.07) is 12.7. The molecule has 0 aliphatic carbocycles. The van der Waals surface area contributed by atoms with Crippen LogP contribution >= 0.6 is 23.2 Å². The van der Waals surface area contributed by atoms with E-state index in [9.17, 15) is 16.8 Å². The second kappa shape index (κ2) is 7.48. The lowest BCUT2D eigenvalue weighted by molar-refractivity contribution is 0.428. The van der Waals surface area contributed by atoms with Crippen LogP contribution in [-0.2, 0) is 19.9 Å². The van der Waals surface area contributed by atoms with Crippen LogP contribution in [0.1, 0.15) is 17.2 Å². The fraction of sp³-hybridized carbons (Fsp3) is 0.294. The Morgan fingerprint density at radius 1 is 1.00 bits per heavy atom. The van der Waals surface area contributed by atoms with Crippen molar-refractivity contribution < 1.29 is 16.8 Å². The zero-order valence-corrected chi connectivity index (χ0v) is 16.8. The van der Waals surface area contributed by atoms with Crippen LogP contribution in [0.15, 0.2) is 53.4 Å². The quantitative estimate of drug-likeness (QED) is 0.741. The van der Waals surface area contributed by atoms with Crippen LogP contribution in [0.2, 0.25) is 10.0 Å². The minimum Gasteiger partial charge on any atom is -0.228 e. The Morgan fingerprint density at radius 2 is 1.73 bits per heavy atom. The summed E-state index contributed by atoms with van der Waals surface area (Å²) in [5.41, 5.74) is 0.510. The van der Waals surface area contributed by atoms with Crippen molar-refractivity contribution in [3.63, 3.8) is 0 Å². The monoisotopic (exact) mass is 433 g/mol. The minimum atomic E-state index is -3.82. The Hall–Kier alpha value is -1.12. The van der Waals surface area contributed by atoms with Gasteiger partial charge >= 0.3 is 0 Å². The van der Waals surface area contributed by atoms with Gasteiger partial charge in [0, 0.05) is 23.1 Å². The highest BCUT2D eigenvalue weighted by atomic mass is 35.5. The van der Waals surface area contributed by atoms with Gasteiger partial charge in [-0.05, 0) is 36.2 Å². The fourth-order valence-corrected chi connectivity index (χ4v) is 7.05. The van der Waals surface area contributed by atoms with Gasteiger partial charge in [0.15, 0.2) is 9.84 Å². The molecule has 2 aromatic carbocycles. The molecule has 5 nitrogen and oxygen atoms in total. The number of nitrogens with zero attached hydrogens (tertiary/aromatic N) is 1. The Balaban J connectivity index is 1.93. The van der Waals surface area contributed by atoms with E-state index in [4.69, 9.17) is 23.2 Å². The number of sulfonamides is 1. The second-order valence-corrected chi connectivity index (χ2v) is 11.1. The van der Waals surface area contributed by atoms with Gasteiger partial charge in [0.2, 0.25) is 10.0 Å². The van der Waals surface area contributed by atoms with Crippen molar-refractivity contribution in [3.05, 3.63) is 64.1 Å². The predicted octanol–water partition coefficient (Wildman–Crippen LogP) is 3.54. The fourth-order valence-electron chi connectivity index (χ4n) is 3.03. The summed E-state index contributed by atoms with van der Waals surface area (Å²) in [5.74, 6) is -0.261. The van der Waals surface area contributed by atoms with Crippen LogP contribution in [0, 0.1) is 0 Å². The van der Waals surface area contributed by atoms with Crippen LogP contribution < -0.4 is 0 Å². The van der Waals surface area contributed by atoms with E-state index >= 15 is 0 Å². The Kier molecular flexibility index (Phi) is 5.65. The highest BCUT2D eigenvalue weighted by Crippen LogP contribution is 2.35. The molecule has 2 aromatic rings. The average molecular weight is 434 g/mol. The summed E-state index contributed by atoms with van der Waals surface area (Å²) in [5, 5.41) is -0.148. The van der Waals surface area contributed by atoms with Crippen molar-refractivity contribution in [2.45, 2.75) is 16.6 Å². The molecule has 0 N–H and O–H groups in total. The first-order valence-corrected chi connectivity index (χ1v) is 11.8. The highest BCUT2D eigenvalue weighted by molar-refractivity contribution is 7.92. The molecule has 0 spiro atoms. The van der Waals surface area contributed by atoms with Gasteiger partial charge in [-0.15, -0.1) is 0 Å². The number of halogens is 2. The van der Waals surface area contributed by atoms with E-state index in [-0.39, 0.29) is 30.2 Å². The smallest absolute Gasteiger partial charge is 0.228 e. The van der Waals surface area contributed by atoms with Gasteiger partial charge in [-0.25, -0.2) is 16.8 Å². The minimum absolute atomic E-state index is 0.0543. The molecular formula is C17H17Cl2NO4S2. The topological polar surface area (TPSA) is 71.5 Å². The zero-order valence-electron chi connectivity index (χ0n) is 13.7. The number of benzene rings is 2. The summed E-state index contributed by atoms with van der Waals surface area (Å²) in [7, 11) is -7.36. The number of hydrogen-bond acceptors (Lipinski definition) is 4. The Labute approximate surface area is 163 Å². The highest BCUT2D eigenvalue weighted by Gasteiger charge is 2.36. The summed E-state index contributed by atoms with van der Waals surface area (Å²) in [6.07, 6.45) is 0.145. The molecule has 0 saturated carbocycles. The molecule has 1 aliphatic rings. The molecular weight excluding hydrogens is 417 g/mol. The lowest BCUT2D eigenvalue weighted by atomic mass is 10.1. The van der Waals surface area contributed by atoms with Crippen LogP contribution in [0.4, 0.5) is 0 Å². The maximum absolute atomic E-state index is 12.9. The summed E-state index contributed by atoms with van der Waals surface area (Å²) < 4.78 is 52.4. The molecule has 1 aliphatic heterocycles. The summed E-state index contributed by atoms with van der Waals surface area (Å²) in [4.78, 5) is 0.0543. The lowest BCUT2D eigenvalue weighted by Crippen LogP contribution is -2.33. The van der Waals surface area contributed by atoms with E-state index in [1.54, 1.807) is 36.4 Å². The van der Waals surface area contributed by atoms with Gasteiger partial charge < -0.3 is 0 Å². The summed E-state index contributed by atoms with van der Waals surface area (Å²) >= 11 is 12.1. The molecule has 3 rings (SSSR count). The van der Waals surface area contributed by atoms with Crippen LogP contribution in [0.3, 0.4) is 0 Å². The SMILES string of the molecule is O=S1(=O)CCN(S(=O)(=O)c2cccc(Cl)c2)CCC1c1ccccc1Cl. The van der Waals surface area contributed by atoms with E-state index in [0.717, 1.165) is 0 Å². The van der Waals surface area contributed by atoms with Gasteiger partial charge in [-0.2, -0.15) is 4.31 Å². The number of hydrogen-bond donors (Lipinski definition) is 0. The van der Waals surface area contributed by atoms with Crippen molar-refractivity contribution in [1.82, 2.24) is 4.31 Å². The van der Waals surface area contributed by atoms with Crippen LogP contribution in [-0.4, -0.2) is 40.0 Å². The molecule has 0 bridgehead atoms. The molecule has 0 radical (unpaired) electrons. The maximum Gasteiger partial charge on any atom is 0.243 e. The molecule has 140 valence electrons. The van der Waals surface area contributed by atoms with Crippen molar-refractivity contribution in [1.29, 1.82) is 0 Å². The van der Waals surface area contributed by atoms with E-state index in [2.05, 4.69) is 0 Å². The molecule has 1 atom stereocenters. The zero-order chi connectivity index (χ0) is 18.9. The van der Waals surface area contributed by atoms with Crippen molar-refractivity contribution in [2.75, 3.05) is 18.8 Å². The lowest BCUT2D eigenvalue weighted by Gasteiger charge is -2.20. The van der Waals surface area contributed by atoms with Gasteiger partial charge in [-0.3, -0.25) is 0 Å². The predicted molar refractivity (Wildman–Crippen MR) is 103 cm³/mol. The third-order valence-electron chi connectivity index (χ3n) is 4.39. The standard InChI is InChI=1S/C17H17Cl2NO4S2/c18-13-4-3-5-14(12-13)26(23,24)20-9-8-17(25(21,22)11-10-20)15-6-1-2-7-16(15)19/h1-7,12,17H,8-11H2. The van der Waals surface area contributed by atoms with Crippen LogP contribution in [0.5, 0.6) is 0 Å². The molecule has 26 heavy (non-hydrogen) atoms. The molecule has 1 fully saturated rings. The molecule has 1 saturated heterocycles. The van der Waals surface area contributed by atoms with Gasteiger partial charge in [-0.1, -0.05) is 47.5 Å². The van der Waals surface area contributed by atoms with Crippen molar-refractivity contribution >= 4 is 43.1 Å². The Morgan fingerprint density at radius 3 is 2.42 bits per heavy atom.